The summed E-state index contributed by atoms with van der Waals surface area (Å²) in [5, 5.41) is 10.5. The summed E-state index contributed by atoms with van der Waals surface area (Å²) in [7, 11) is -9.88. The Morgan fingerprint density at radius 3 is 0.791 bits per heavy atom. The topological polar surface area (TPSA) is 237 Å². The van der Waals surface area contributed by atoms with Crippen LogP contribution in [0.1, 0.15) is 343 Å². The van der Waals surface area contributed by atoms with Crippen LogP contribution < -0.4 is 0 Å². The Hall–Kier alpha value is -1.94. The first-order valence-electron chi connectivity index (χ1n) is 35.1. The van der Waals surface area contributed by atoms with E-state index >= 15 is 0 Å². The molecular weight excluding hydrogens is 1140 g/mol. The van der Waals surface area contributed by atoms with Crippen LogP contribution in [-0.4, -0.2) is 96.7 Å². The molecule has 0 aromatic heterocycles. The standard InChI is InChI=1S/C67H130O17P2/c1-6-9-12-15-17-19-20-21-22-23-24-25-26-29-34-38-43-48-53-67(72)84-63(57-78-65(70)51-46-41-36-33-30-27-28-32-35-40-44-49-60(4)5)59-82-86(75,76)80-55-61(68)54-79-85(73,74)81-58-62(56-77-64(69)50-45-39-14-11-8-3)83-66(71)52-47-42-37-31-18-16-13-10-7-2/h60-63,68H,6-59H2,1-5H3,(H,73,74)(H,75,76)/t61-,62+,63+/m0/s1. The molecule has 0 aliphatic rings. The van der Waals surface area contributed by atoms with Gasteiger partial charge in [-0.1, -0.05) is 291 Å². The van der Waals surface area contributed by atoms with E-state index in [1.807, 2.05) is 0 Å². The fraction of sp³-hybridized carbons (Fsp3) is 0.940. The van der Waals surface area contributed by atoms with Crippen molar-refractivity contribution in [1.82, 2.24) is 0 Å². The Morgan fingerprint density at radius 1 is 0.314 bits per heavy atom. The van der Waals surface area contributed by atoms with Crippen LogP contribution in [0, 0.1) is 5.92 Å². The number of phosphoric ester groups is 2. The first kappa shape index (κ1) is 84.1. The summed E-state index contributed by atoms with van der Waals surface area (Å²) < 4.78 is 67.9. The largest absolute Gasteiger partial charge is 0.472 e. The lowest BCUT2D eigenvalue weighted by Crippen LogP contribution is -2.30. The molecule has 0 aliphatic heterocycles. The highest BCUT2D eigenvalue weighted by Crippen LogP contribution is 2.45. The molecule has 17 nitrogen and oxygen atoms in total. The predicted molar refractivity (Wildman–Crippen MR) is 345 cm³/mol. The van der Waals surface area contributed by atoms with Crippen molar-refractivity contribution >= 4 is 39.5 Å². The summed E-state index contributed by atoms with van der Waals surface area (Å²) >= 11 is 0. The van der Waals surface area contributed by atoms with Gasteiger partial charge in [0, 0.05) is 25.7 Å². The monoisotopic (exact) mass is 1270 g/mol. The van der Waals surface area contributed by atoms with Gasteiger partial charge in [-0.05, 0) is 31.6 Å². The number of aliphatic hydroxyl groups excluding tert-OH is 1. The summed E-state index contributed by atoms with van der Waals surface area (Å²) in [6.07, 6.45) is 46.3. The minimum absolute atomic E-state index is 0.105. The number of unbranched alkanes of at least 4 members (excludes halogenated alkanes) is 39. The summed E-state index contributed by atoms with van der Waals surface area (Å²) in [4.78, 5) is 72.1. The molecule has 2 unspecified atom stereocenters. The molecule has 0 heterocycles. The number of carbonyl (C=O) groups excluding carboxylic acids is 4. The molecule has 0 aromatic carbocycles. The number of hydrogen-bond donors (Lipinski definition) is 3. The lowest BCUT2D eigenvalue weighted by Gasteiger charge is -2.21. The number of hydrogen-bond acceptors (Lipinski definition) is 15. The van der Waals surface area contributed by atoms with Crippen molar-refractivity contribution in [2.24, 2.45) is 5.92 Å². The molecule has 19 heteroatoms. The zero-order valence-electron chi connectivity index (χ0n) is 55.4. The van der Waals surface area contributed by atoms with Crippen molar-refractivity contribution in [2.75, 3.05) is 39.6 Å². The van der Waals surface area contributed by atoms with Crippen LogP contribution in [0.5, 0.6) is 0 Å². The quantitative estimate of drug-likeness (QED) is 0.0222. The second kappa shape index (κ2) is 60.6. The molecule has 0 bridgehead atoms. The van der Waals surface area contributed by atoms with Gasteiger partial charge in [0.15, 0.2) is 12.2 Å². The third-order valence-electron chi connectivity index (χ3n) is 15.5. The SMILES string of the molecule is CCCCCCCCCCCCCCCCCCCCC(=O)O[C@H](COC(=O)CCCCCCCCCCCCCC(C)C)COP(=O)(O)OC[C@@H](O)COP(=O)(O)OC[C@@H](COC(=O)CCCCCCC)OC(=O)CCCCCCCCCCC. The Balaban J connectivity index is 5.14. The Morgan fingerprint density at radius 2 is 0.535 bits per heavy atom. The van der Waals surface area contributed by atoms with Crippen molar-refractivity contribution in [3.8, 4) is 0 Å². The molecule has 5 atom stereocenters. The van der Waals surface area contributed by atoms with Crippen molar-refractivity contribution in [1.29, 1.82) is 0 Å². The van der Waals surface area contributed by atoms with Gasteiger partial charge in [0.25, 0.3) is 0 Å². The fourth-order valence-corrected chi connectivity index (χ4v) is 11.7. The van der Waals surface area contributed by atoms with Crippen molar-refractivity contribution in [3.05, 3.63) is 0 Å². The van der Waals surface area contributed by atoms with E-state index in [9.17, 15) is 43.2 Å². The van der Waals surface area contributed by atoms with E-state index < -0.39 is 97.5 Å². The van der Waals surface area contributed by atoms with E-state index in [1.165, 1.54) is 161 Å². The number of phosphoric acid groups is 2. The van der Waals surface area contributed by atoms with E-state index in [4.69, 9.17) is 37.0 Å². The molecule has 0 spiro atoms. The number of rotatable bonds is 67. The summed E-state index contributed by atoms with van der Waals surface area (Å²) in [5.41, 5.74) is 0. The van der Waals surface area contributed by atoms with Gasteiger partial charge < -0.3 is 33.8 Å². The van der Waals surface area contributed by atoms with Gasteiger partial charge in [-0.2, -0.15) is 0 Å². The highest BCUT2D eigenvalue weighted by molar-refractivity contribution is 7.47. The number of ether oxygens (including phenoxy) is 4. The van der Waals surface area contributed by atoms with Gasteiger partial charge in [-0.25, -0.2) is 9.13 Å². The van der Waals surface area contributed by atoms with Gasteiger partial charge in [-0.3, -0.25) is 37.3 Å². The molecular formula is C67H130O17P2. The highest BCUT2D eigenvalue weighted by atomic mass is 31.2. The van der Waals surface area contributed by atoms with Gasteiger partial charge in [0.2, 0.25) is 0 Å². The molecule has 0 amide bonds. The Kier molecular flexibility index (Phi) is 59.2. The number of aliphatic hydroxyl groups is 1. The van der Waals surface area contributed by atoms with E-state index in [-0.39, 0.29) is 25.7 Å². The lowest BCUT2D eigenvalue weighted by molar-refractivity contribution is -0.161. The zero-order valence-corrected chi connectivity index (χ0v) is 57.2. The maximum Gasteiger partial charge on any atom is 0.472 e. The number of carbonyl (C=O) groups is 4. The second-order valence-corrected chi connectivity index (χ2v) is 27.6. The average molecular weight is 1270 g/mol. The molecule has 0 saturated carbocycles. The van der Waals surface area contributed by atoms with E-state index in [2.05, 4.69) is 34.6 Å². The molecule has 3 N–H and O–H groups in total. The third-order valence-corrected chi connectivity index (χ3v) is 17.4. The van der Waals surface area contributed by atoms with Crippen LogP contribution in [0.4, 0.5) is 0 Å². The van der Waals surface area contributed by atoms with Gasteiger partial charge >= 0.3 is 39.5 Å². The van der Waals surface area contributed by atoms with E-state index in [0.29, 0.717) is 25.7 Å². The minimum Gasteiger partial charge on any atom is -0.462 e. The first-order valence-corrected chi connectivity index (χ1v) is 38.1. The van der Waals surface area contributed by atoms with E-state index in [1.54, 1.807) is 0 Å². The maximum atomic E-state index is 13.0. The molecule has 86 heavy (non-hydrogen) atoms. The average Bonchev–Trinajstić information content (AvgIpc) is 3.63. The number of esters is 4. The van der Waals surface area contributed by atoms with Crippen LogP contribution in [0.15, 0.2) is 0 Å². The van der Waals surface area contributed by atoms with Crippen molar-refractivity contribution in [3.63, 3.8) is 0 Å². The van der Waals surface area contributed by atoms with Crippen LogP contribution in [-0.2, 0) is 65.4 Å². The Bertz CT molecular complexity index is 1670. The lowest BCUT2D eigenvalue weighted by atomic mass is 10.0. The van der Waals surface area contributed by atoms with Crippen molar-refractivity contribution in [2.45, 2.75) is 361 Å². The van der Waals surface area contributed by atoms with Gasteiger partial charge in [0.05, 0.1) is 26.4 Å². The smallest absolute Gasteiger partial charge is 0.462 e. The predicted octanol–water partition coefficient (Wildman–Crippen LogP) is 19.0. The molecule has 0 radical (unpaired) electrons. The van der Waals surface area contributed by atoms with E-state index in [0.717, 1.165) is 102 Å². The molecule has 0 aromatic rings. The third kappa shape index (κ3) is 60.9. The zero-order chi connectivity index (χ0) is 63.5. The highest BCUT2D eigenvalue weighted by Gasteiger charge is 2.30. The molecule has 510 valence electrons. The van der Waals surface area contributed by atoms with Gasteiger partial charge in [0.1, 0.15) is 19.3 Å². The molecule has 0 rings (SSSR count). The summed E-state index contributed by atoms with van der Waals surface area (Å²) in [6, 6.07) is 0. The summed E-state index contributed by atoms with van der Waals surface area (Å²) in [5.74, 6) is -1.37. The second-order valence-electron chi connectivity index (χ2n) is 24.7. The molecule has 0 saturated heterocycles. The first-order chi connectivity index (χ1) is 41.5. The van der Waals surface area contributed by atoms with Crippen LogP contribution in [0.2, 0.25) is 0 Å². The Labute approximate surface area is 524 Å². The molecule has 0 aliphatic carbocycles. The van der Waals surface area contributed by atoms with Crippen LogP contribution in [0.3, 0.4) is 0 Å². The van der Waals surface area contributed by atoms with Crippen LogP contribution >= 0.6 is 15.6 Å². The normalized spacial score (nSPS) is 14.2. The molecule has 0 fully saturated rings. The summed E-state index contributed by atoms with van der Waals surface area (Å²) in [6.45, 7) is 7.12. The van der Waals surface area contributed by atoms with Gasteiger partial charge in [-0.15, -0.1) is 0 Å². The minimum atomic E-state index is -4.95. The fourth-order valence-electron chi connectivity index (χ4n) is 10.1. The maximum absolute atomic E-state index is 13.0. The van der Waals surface area contributed by atoms with Crippen molar-refractivity contribution < 1.29 is 80.2 Å². The van der Waals surface area contributed by atoms with Crippen LogP contribution in [0.25, 0.3) is 0 Å².